The molecule has 5 heteroatoms. The highest BCUT2D eigenvalue weighted by Gasteiger charge is 2.15. The van der Waals surface area contributed by atoms with Crippen molar-refractivity contribution in [1.82, 2.24) is 4.98 Å². The summed E-state index contributed by atoms with van der Waals surface area (Å²) in [5.41, 5.74) is 4.71. The zero-order valence-electron chi connectivity index (χ0n) is 19.9. The lowest BCUT2D eigenvalue weighted by atomic mass is 9.99. The van der Waals surface area contributed by atoms with Gasteiger partial charge < -0.3 is 9.64 Å². The van der Waals surface area contributed by atoms with Crippen LogP contribution in [-0.4, -0.2) is 30.3 Å². The molecule has 3 aromatic rings. The Morgan fingerprint density at radius 3 is 2.09 bits per heavy atom. The molecule has 0 aliphatic carbocycles. The molecular weight excluding hydrogens is 412 g/mol. The highest BCUT2D eigenvalue weighted by atomic mass is 16.5. The number of ketones is 1. The number of hydrogen-bond donors (Lipinski definition) is 0. The maximum absolute atomic E-state index is 12.6. The first-order chi connectivity index (χ1) is 15.9. The molecule has 0 spiro atoms. The van der Waals surface area contributed by atoms with Crippen LogP contribution in [0.25, 0.3) is 11.1 Å². The Hall–Kier alpha value is -3.47. The van der Waals surface area contributed by atoms with Gasteiger partial charge in [0.15, 0.2) is 5.78 Å². The SMILES string of the molecule is CCC(=O)N(CC(C)C)c1ccc(-c2ccc(C(=O)CCc3ccc(OC)nc3)cc2)cc1. The number of benzene rings is 2. The minimum atomic E-state index is 0.107. The summed E-state index contributed by atoms with van der Waals surface area (Å²) in [6, 6.07) is 19.5. The fourth-order valence-corrected chi connectivity index (χ4v) is 3.67. The molecule has 0 N–H and O–H groups in total. The summed E-state index contributed by atoms with van der Waals surface area (Å²) in [4.78, 5) is 31.0. The number of carbonyl (C=O) groups excluding carboxylic acids is 2. The lowest BCUT2D eigenvalue weighted by Crippen LogP contribution is -2.33. The lowest BCUT2D eigenvalue weighted by molar-refractivity contribution is -0.118. The Morgan fingerprint density at radius 1 is 0.939 bits per heavy atom. The number of Topliss-reactive ketones (excluding diaryl/α,β-unsaturated/α-hetero) is 1. The van der Waals surface area contributed by atoms with Crippen molar-refractivity contribution < 1.29 is 14.3 Å². The van der Waals surface area contributed by atoms with Crippen LogP contribution in [0.15, 0.2) is 66.9 Å². The third kappa shape index (κ3) is 6.51. The van der Waals surface area contributed by atoms with Crippen LogP contribution in [0.2, 0.25) is 0 Å². The number of ether oxygens (including phenoxy) is 1. The zero-order valence-corrected chi connectivity index (χ0v) is 19.9. The molecule has 5 nitrogen and oxygen atoms in total. The van der Waals surface area contributed by atoms with E-state index < -0.39 is 0 Å². The van der Waals surface area contributed by atoms with Crippen LogP contribution in [0.1, 0.15) is 49.5 Å². The van der Waals surface area contributed by atoms with Crippen molar-refractivity contribution >= 4 is 17.4 Å². The Morgan fingerprint density at radius 2 is 1.58 bits per heavy atom. The third-order valence-electron chi connectivity index (χ3n) is 5.52. The van der Waals surface area contributed by atoms with Crippen molar-refractivity contribution in [1.29, 1.82) is 0 Å². The van der Waals surface area contributed by atoms with E-state index in [1.165, 1.54) is 0 Å². The molecule has 0 saturated heterocycles. The van der Waals surface area contributed by atoms with Gasteiger partial charge in [0.05, 0.1) is 7.11 Å². The molecule has 3 rings (SSSR count). The molecule has 0 unspecified atom stereocenters. The second-order valence-corrected chi connectivity index (χ2v) is 8.51. The molecule has 0 bridgehead atoms. The van der Waals surface area contributed by atoms with E-state index in [0.29, 0.717) is 43.2 Å². The van der Waals surface area contributed by atoms with Crippen LogP contribution >= 0.6 is 0 Å². The molecule has 0 saturated carbocycles. The van der Waals surface area contributed by atoms with E-state index in [1.807, 2.05) is 66.4 Å². The number of anilines is 1. The second-order valence-electron chi connectivity index (χ2n) is 8.51. The summed E-state index contributed by atoms with van der Waals surface area (Å²) in [5, 5.41) is 0. The molecule has 1 amide bonds. The van der Waals surface area contributed by atoms with Crippen LogP contribution in [0.5, 0.6) is 5.88 Å². The summed E-state index contributed by atoms with van der Waals surface area (Å²) in [5.74, 6) is 1.20. The largest absolute Gasteiger partial charge is 0.481 e. The molecule has 1 heterocycles. The standard InChI is InChI=1S/C28H32N2O3/c1-5-28(32)30(19-20(2)3)25-14-12-23(13-15-25)22-8-10-24(11-9-22)26(31)16-6-21-7-17-27(33-4)29-18-21/h7-15,17-18,20H,5-6,16,19H2,1-4H3. The Balaban J connectivity index is 1.65. The number of carbonyl (C=O) groups is 2. The van der Waals surface area contributed by atoms with Gasteiger partial charge in [-0.3, -0.25) is 9.59 Å². The van der Waals surface area contributed by atoms with E-state index in [-0.39, 0.29) is 11.7 Å². The highest BCUT2D eigenvalue weighted by molar-refractivity contribution is 5.96. The zero-order chi connectivity index (χ0) is 23.8. The summed E-state index contributed by atoms with van der Waals surface area (Å²) in [6.07, 6.45) is 3.30. The first-order valence-corrected chi connectivity index (χ1v) is 11.4. The van der Waals surface area contributed by atoms with E-state index in [2.05, 4.69) is 18.8 Å². The smallest absolute Gasteiger partial charge is 0.226 e. The van der Waals surface area contributed by atoms with Gasteiger partial charge in [-0.2, -0.15) is 0 Å². The summed E-state index contributed by atoms with van der Waals surface area (Å²) >= 11 is 0. The average molecular weight is 445 g/mol. The summed E-state index contributed by atoms with van der Waals surface area (Å²) in [6.45, 7) is 6.82. The van der Waals surface area contributed by atoms with Crippen molar-refractivity contribution in [3.8, 4) is 17.0 Å². The van der Waals surface area contributed by atoms with Crippen molar-refractivity contribution in [2.24, 2.45) is 5.92 Å². The van der Waals surface area contributed by atoms with Gasteiger partial charge >= 0.3 is 0 Å². The Labute approximate surface area is 196 Å². The van der Waals surface area contributed by atoms with Gasteiger partial charge in [0.1, 0.15) is 0 Å². The van der Waals surface area contributed by atoms with Gasteiger partial charge in [-0.15, -0.1) is 0 Å². The van der Waals surface area contributed by atoms with Crippen molar-refractivity contribution in [3.05, 3.63) is 78.0 Å². The molecule has 0 aliphatic rings. The Kier molecular flexibility index (Phi) is 8.36. The number of rotatable bonds is 10. The maximum atomic E-state index is 12.6. The van der Waals surface area contributed by atoms with E-state index in [1.54, 1.807) is 19.4 Å². The van der Waals surface area contributed by atoms with Crippen LogP contribution in [0.4, 0.5) is 5.69 Å². The van der Waals surface area contributed by atoms with Gasteiger partial charge in [0, 0.05) is 42.9 Å². The van der Waals surface area contributed by atoms with Crippen LogP contribution in [-0.2, 0) is 11.2 Å². The number of nitrogens with zero attached hydrogens (tertiary/aromatic N) is 2. The van der Waals surface area contributed by atoms with Crippen molar-refractivity contribution in [2.75, 3.05) is 18.6 Å². The number of aromatic nitrogens is 1. The third-order valence-corrected chi connectivity index (χ3v) is 5.52. The first kappa shape index (κ1) is 24.2. The van der Waals surface area contributed by atoms with E-state index in [0.717, 1.165) is 22.4 Å². The minimum Gasteiger partial charge on any atom is -0.481 e. The summed E-state index contributed by atoms with van der Waals surface area (Å²) < 4.78 is 5.07. The topological polar surface area (TPSA) is 59.5 Å². The van der Waals surface area contributed by atoms with Gasteiger partial charge in [-0.1, -0.05) is 63.2 Å². The Bertz CT molecular complexity index is 1060. The fraction of sp³-hybridized carbons (Fsp3) is 0.321. The molecule has 0 fully saturated rings. The quantitative estimate of drug-likeness (QED) is 0.361. The van der Waals surface area contributed by atoms with Gasteiger partial charge in [-0.05, 0) is 41.2 Å². The molecule has 1 aromatic heterocycles. The number of pyridine rings is 1. The van der Waals surface area contributed by atoms with Crippen molar-refractivity contribution in [2.45, 2.75) is 40.0 Å². The predicted molar refractivity (Wildman–Crippen MR) is 133 cm³/mol. The summed E-state index contributed by atoms with van der Waals surface area (Å²) in [7, 11) is 1.58. The average Bonchev–Trinajstić information content (AvgIpc) is 2.85. The van der Waals surface area contributed by atoms with Crippen molar-refractivity contribution in [3.63, 3.8) is 0 Å². The van der Waals surface area contributed by atoms with Crippen LogP contribution in [0.3, 0.4) is 0 Å². The minimum absolute atomic E-state index is 0.107. The molecule has 0 radical (unpaired) electrons. The lowest BCUT2D eigenvalue weighted by Gasteiger charge is -2.24. The maximum Gasteiger partial charge on any atom is 0.226 e. The van der Waals surface area contributed by atoms with E-state index in [4.69, 9.17) is 4.74 Å². The predicted octanol–water partition coefficient (Wildman–Crippen LogP) is 5.97. The number of methoxy groups -OCH3 is 1. The first-order valence-electron chi connectivity index (χ1n) is 11.4. The van der Waals surface area contributed by atoms with Crippen LogP contribution in [0, 0.1) is 5.92 Å². The number of aryl methyl sites for hydroxylation is 1. The normalized spacial score (nSPS) is 10.8. The number of amides is 1. The van der Waals surface area contributed by atoms with E-state index in [9.17, 15) is 9.59 Å². The molecule has 0 aliphatic heterocycles. The molecule has 0 atom stereocenters. The number of hydrogen-bond acceptors (Lipinski definition) is 4. The monoisotopic (exact) mass is 444 g/mol. The van der Waals surface area contributed by atoms with E-state index >= 15 is 0 Å². The van der Waals surface area contributed by atoms with Gasteiger partial charge in [-0.25, -0.2) is 4.98 Å². The molecule has 33 heavy (non-hydrogen) atoms. The fourth-order valence-electron chi connectivity index (χ4n) is 3.67. The second kappa shape index (κ2) is 11.4. The van der Waals surface area contributed by atoms with Gasteiger partial charge in [0.2, 0.25) is 11.8 Å². The highest BCUT2D eigenvalue weighted by Crippen LogP contribution is 2.25. The molecule has 172 valence electrons. The molecule has 2 aromatic carbocycles. The van der Waals surface area contributed by atoms with Crippen LogP contribution < -0.4 is 9.64 Å². The molecular formula is C28H32N2O3. The van der Waals surface area contributed by atoms with Gasteiger partial charge in [0.25, 0.3) is 0 Å².